The second kappa shape index (κ2) is 5.11. The van der Waals surface area contributed by atoms with Crippen molar-refractivity contribution in [3.63, 3.8) is 0 Å². The molecule has 0 saturated heterocycles. The van der Waals surface area contributed by atoms with E-state index in [2.05, 4.69) is 39.3 Å². The normalized spacial score (nSPS) is 11.4. The van der Waals surface area contributed by atoms with Crippen LogP contribution in [0.3, 0.4) is 0 Å². The zero-order valence-electron chi connectivity index (χ0n) is 8.71. The molecule has 0 heterocycles. The molecule has 3 N–H and O–H groups in total. The third-order valence-electron chi connectivity index (χ3n) is 2.25. The van der Waals surface area contributed by atoms with Crippen LogP contribution in [0.1, 0.15) is 0 Å². The molecular formula is C6H21NNaSi2+. The Morgan fingerprint density at radius 2 is 0.700 bits per heavy atom. The number of hydrogen-bond acceptors (Lipinski definition) is 1. The summed E-state index contributed by atoms with van der Waals surface area (Å²) in [5, 5.41) is 0. The molecule has 0 aromatic heterocycles. The summed E-state index contributed by atoms with van der Waals surface area (Å²) < 4.78 is 0. The van der Waals surface area contributed by atoms with Crippen LogP contribution in [0.2, 0.25) is 39.3 Å². The van der Waals surface area contributed by atoms with Gasteiger partial charge in [0.25, 0.3) is 0 Å². The molecule has 0 aromatic rings. The van der Waals surface area contributed by atoms with Crippen LogP contribution >= 0.6 is 0 Å². The molecule has 10 heavy (non-hydrogen) atoms. The van der Waals surface area contributed by atoms with E-state index >= 15 is 0 Å². The van der Waals surface area contributed by atoms with Crippen molar-refractivity contribution >= 4 is 15.2 Å². The summed E-state index contributed by atoms with van der Waals surface area (Å²) in [5.41, 5.74) is 0. The van der Waals surface area contributed by atoms with Crippen LogP contribution in [0.25, 0.3) is 0 Å². The summed E-state index contributed by atoms with van der Waals surface area (Å²) in [6.45, 7) is 14.8. The van der Waals surface area contributed by atoms with E-state index in [0.29, 0.717) is 0 Å². The topological polar surface area (TPSA) is 35.0 Å². The summed E-state index contributed by atoms with van der Waals surface area (Å²) in [5.74, 6) is 0. The van der Waals surface area contributed by atoms with Gasteiger partial charge in [-0.05, 0) is 0 Å². The second-order valence-electron chi connectivity index (χ2n) is 4.50. The molecule has 1 nitrogen and oxygen atoms in total. The molecule has 0 aliphatic heterocycles. The van der Waals surface area contributed by atoms with Crippen molar-refractivity contribution < 1.29 is 29.6 Å². The number of hydrogen-bond donors (Lipinski definition) is 1. The molecule has 0 spiro atoms. The first kappa shape index (κ1) is 17.5. The van der Waals surface area contributed by atoms with Crippen LogP contribution in [-0.4, -0.2) is 15.2 Å². The average Bonchev–Trinajstić information content (AvgIpc) is 1.25. The quantitative estimate of drug-likeness (QED) is 0.571. The van der Waals surface area contributed by atoms with Gasteiger partial charge in [0.15, 0.2) is 0 Å². The summed E-state index contributed by atoms with van der Waals surface area (Å²) in [6.07, 6.45) is 0. The van der Waals surface area contributed by atoms with Crippen molar-refractivity contribution in [1.29, 1.82) is 0 Å². The van der Waals surface area contributed by atoms with Crippen molar-refractivity contribution in [3.05, 3.63) is 0 Å². The Balaban J connectivity index is -0.000000245. The molecule has 0 bridgehead atoms. The van der Waals surface area contributed by atoms with Crippen LogP contribution in [0.15, 0.2) is 0 Å². The first-order chi connectivity index (χ1) is 3.25. The number of rotatable bonds is 1. The van der Waals surface area contributed by atoms with Crippen LogP contribution in [0.4, 0.5) is 0 Å². The molecule has 0 aliphatic rings. The van der Waals surface area contributed by atoms with Crippen molar-refractivity contribution in [2.45, 2.75) is 39.3 Å². The van der Waals surface area contributed by atoms with E-state index in [0.717, 1.165) is 0 Å². The molecule has 4 heteroatoms. The molecular weight excluding hydrogens is 165 g/mol. The predicted molar refractivity (Wildman–Crippen MR) is 51.7 cm³/mol. The SMILES string of the molecule is C[Si](C)(C)[Si](C)(C)C.N.[Na+]. The summed E-state index contributed by atoms with van der Waals surface area (Å²) in [6, 6.07) is 0. The van der Waals surface area contributed by atoms with Crippen molar-refractivity contribution in [2.24, 2.45) is 0 Å². The maximum absolute atomic E-state index is 2.47. The van der Waals surface area contributed by atoms with Gasteiger partial charge in [-0.3, -0.25) is 0 Å². The molecule has 0 rings (SSSR count). The Morgan fingerprint density at radius 3 is 0.700 bits per heavy atom. The van der Waals surface area contributed by atoms with Gasteiger partial charge in [-0.2, -0.15) is 0 Å². The maximum Gasteiger partial charge on any atom is 1.00 e. The molecule has 0 amide bonds. The molecule has 0 fully saturated rings. The Hall–Kier alpha value is 1.39. The molecule has 0 aromatic carbocycles. The van der Waals surface area contributed by atoms with Gasteiger partial charge in [0.2, 0.25) is 0 Å². The second-order valence-corrected chi connectivity index (χ2v) is 22.5. The Kier molecular flexibility index (Phi) is 8.93. The largest absolute Gasteiger partial charge is 1.00 e. The summed E-state index contributed by atoms with van der Waals surface area (Å²) in [4.78, 5) is 0. The van der Waals surface area contributed by atoms with Crippen LogP contribution in [0, 0.1) is 0 Å². The minimum Gasteiger partial charge on any atom is -0.344 e. The fraction of sp³-hybridized carbons (Fsp3) is 1.00. The van der Waals surface area contributed by atoms with Crippen LogP contribution in [0.5, 0.6) is 0 Å². The third-order valence-corrected chi connectivity index (χ3v) is 20.2. The molecule has 58 valence electrons. The Labute approximate surface area is 89.7 Å². The van der Waals surface area contributed by atoms with Crippen molar-refractivity contribution in [1.82, 2.24) is 6.15 Å². The monoisotopic (exact) mass is 186 g/mol. The van der Waals surface area contributed by atoms with Gasteiger partial charge >= 0.3 is 29.6 Å². The fourth-order valence-corrected chi connectivity index (χ4v) is 0. The molecule has 0 radical (unpaired) electrons. The van der Waals surface area contributed by atoms with E-state index < -0.39 is 15.2 Å². The van der Waals surface area contributed by atoms with E-state index in [1.54, 1.807) is 0 Å². The van der Waals surface area contributed by atoms with Gasteiger partial charge in [-0.15, -0.1) is 0 Å². The van der Waals surface area contributed by atoms with Gasteiger partial charge in [0.05, 0.1) is 0 Å². The zero-order valence-corrected chi connectivity index (χ0v) is 12.7. The van der Waals surface area contributed by atoms with E-state index in [-0.39, 0.29) is 35.7 Å². The van der Waals surface area contributed by atoms with E-state index in [1.165, 1.54) is 0 Å². The Bertz CT molecular complexity index is 70.7. The smallest absolute Gasteiger partial charge is 0.344 e. The average molecular weight is 186 g/mol. The minimum atomic E-state index is -0.720. The molecule has 0 aliphatic carbocycles. The summed E-state index contributed by atoms with van der Waals surface area (Å²) >= 11 is 0. The van der Waals surface area contributed by atoms with Gasteiger partial charge in [-0.25, -0.2) is 0 Å². The van der Waals surface area contributed by atoms with Crippen molar-refractivity contribution in [2.75, 3.05) is 0 Å². The zero-order chi connectivity index (χ0) is 7.00. The summed E-state index contributed by atoms with van der Waals surface area (Å²) in [7, 11) is -1.44. The predicted octanol–water partition coefficient (Wildman–Crippen LogP) is -0.0928. The van der Waals surface area contributed by atoms with Gasteiger partial charge in [0.1, 0.15) is 0 Å². The first-order valence-corrected chi connectivity index (χ1v) is 11.2. The molecule has 0 atom stereocenters. The van der Waals surface area contributed by atoms with Gasteiger partial charge < -0.3 is 6.15 Å². The van der Waals surface area contributed by atoms with Crippen molar-refractivity contribution in [3.8, 4) is 0 Å². The van der Waals surface area contributed by atoms with Gasteiger partial charge in [0, 0.05) is 15.2 Å². The standard InChI is InChI=1S/C6H18Si2.H3N.Na/c1-7(2,3)8(4,5)6;;/h1-6H3;1H3;/q;;+1. The molecule has 0 unspecified atom stereocenters. The van der Waals surface area contributed by atoms with E-state index in [1.807, 2.05) is 0 Å². The maximum atomic E-state index is 2.47. The molecule has 0 saturated carbocycles. The van der Waals surface area contributed by atoms with Crippen LogP contribution < -0.4 is 35.7 Å². The van der Waals surface area contributed by atoms with E-state index in [9.17, 15) is 0 Å². The third kappa shape index (κ3) is 6.13. The van der Waals surface area contributed by atoms with E-state index in [4.69, 9.17) is 0 Å². The van der Waals surface area contributed by atoms with Gasteiger partial charge in [-0.1, -0.05) is 39.3 Å². The minimum absolute atomic E-state index is 0. The Morgan fingerprint density at radius 1 is 0.600 bits per heavy atom. The first-order valence-electron chi connectivity index (χ1n) is 3.25. The fourth-order valence-electron chi connectivity index (χ4n) is 0. The van der Waals surface area contributed by atoms with Crippen LogP contribution in [-0.2, 0) is 0 Å².